The van der Waals surface area contributed by atoms with Crippen LogP contribution in [-0.2, 0) is 6.42 Å². The van der Waals surface area contributed by atoms with Crippen LogP contribution >= 0.6 is 0 Å². The molecule has 0 radical (unpaired) electrons. The van der Waals surface area contributed by atoms with Gasteiger partial charge in [-0.3, -0.25) is 15.0 Å². The van der Waals surface area contributed by atoms with E-state index in [4.69, 9.17) is 0 Å². The molecule has 19 heavy (non-hydrogen) atoms. The molecule has 0 saturated heterocycles. The van der Waals surface area contributed by atoms with Gasteiger partial charge in [0.2, 0.25) is 0 Å². The van der Waals surface area contributed by atoms with Crippen molar-refractivity contribution >= 4 is 22.6 Å². The number of nitrogens with one attached hydrogen (secondary N) is 3. The lowest BCUT2D eigenvalue weighted by Crippen LogP contribution is -2.14. The van der Waals surface area contributed by atoms with Crippen molar-refractivity contribution in [2.75, 3.05) is 5.32 Å². The highest BCUT2D eigenvalue weighted by molar-refractivity contribution is 6.10. The summed E-state index contributed by atoms with van der Waals surface area (Å²) in [6.45, 7) is 2.00. The van der Waals surface area contributed by atoms with Gasteiger partial charge in [-0.1, -0.05) is 25.1 Å². The molecule has 2 heterocycles. The molecule has 0 fully saturated rings. The van der Waals surface area contributed by atoms with E-state index in [-0.39, 0.29) is 5.91 Å². The average molecular weight is 255 g/mol. The number of H-pyrrole nitrogens is 2. The molecule has 0 aliphatic carbocycles. The number of hydrogen-bond donors (Lipinski definition) is 3. The molecule has 0 aliphatic heterocycles. The largest absolute Gasteiger partial charge is 0.305 e. The van der Waals surface area contributed by atoms with Gasteiger partial charge in [-0.05, 0) is 12.5 Å². The Morgan fingerprint density at radius 3 is 3.00 bits per heavy atom. The minimum absolute atomic E-state index is 0.253. The molecule has 0 unspecified atom stereocenters. The first-order chi connectivity index (χ1) is 9.29. The van der Waals surface area contributed by atoms with Crippen LogP contribution in [0.5, 0.6) is 0 Å². The Labute approximate surface area is 109 Å². The van der Waals surface area contributed by atoms with E-state index < -0.39 is 0 Å². The fourth-order valence-electron chi connectivity index (χ4n) is 2.00. The van der Waals surface area contributed by atoms with Gasteiger partial charge in [0.15, 0.2) is 5.69 Å². The number of aryl methyl sites for hydroxylation is 1. The summed E-state index contributed by atoms with van der Waals surface area (Å²) in [5.41, 5.74) is 2.19. The summed E-state index contributed by atoms with van der Waals surface area (Å²) >= 11 is 0. The summed E-state index contributed by atoms with van der Waals surface area (Å²) in [7, 11) is 0. The maximum Gasteiger partial charge on any atom is 0.277 e. The maximum atomic E-state index is 12.2. The predicted molar refractivity (Wildman–Crippen MR) is 72.0 cm³/mol. The highest BCUT2D eigenvalue weighted by atomic mass is 16.2. The third kappa shape index (κ3) is 1.97. The topological polar surface area (TPSA) is 86.5 Å². The van der Waals surface area contributed by atoms with Crippen molar-refractivity contribution in [3.8, 4) is 0 Å². The number of carbonyl (C=O) groups is 1. The van der Waals surface area contributed by atoms with E-state index in [0.29, 0.717) is 11.5 Å². The van der Waals surface area contributed by atoms with Crippen molar-refractivity contribution in [2.24, 2.45) is 0 Å². The number of rotatable bonds is 3. The molecule has 6 nitrogen and oxygen atoms in total. The number of aromatic nitrogens is 4. The van der Waals surface area contributed by atoms with Crippen LogP contribution in [0.3, 0.4) is 0 Å². The molecule has 3 rings (SSSR count). The number of carbonyl (C=O) groups excluding carboxylic acids is 1. The van der Waals surface area contributed by atoms with E-state index in [1.807, 2.05) is 31.2 Å². The number of fused-ring (bicyclic) bond motifs is 1. The highest BCUT2D eigenvalue weighted by Gasteiger charge is 2.15. The molecule has 1 aromatic carbocycles. The highest BCUT2D eigenvalue weighted by Crippen LogP contribution is 2.17. The van der Waals surface area contributed by atoms with E-state index in [2.05, 4.69) is 25.7 Å². The molecule has 6 heteroatoms. The van der Waals surface area contributed by atoms with Crippen molar-refractivity contribution in [2.45, 2.75) is 13.3 Å². The lowest BCUT2D eigenvalue weighted by molar-refractivity contribution is 0.102. The van der Waals surface area contributed by atoms with Gasteiger partial charge in [0.05, 0.1) is 11.7 Å². The third-order valence-corrected chi connectivity index (χ3v) is 3.02. The molecule has 96 valence electrons. The molecule has 3 N–H and O–H groups in total. The number of hydrogen-bond acceptors (Lipinski definition) is 3. The predicted octanol–water partition coefficient (Wildman–Crippen LogP) is 2.10. The third-order valence-electron chi connectivity index (χ3n) is 3.02. The first-order valence-corrected chi connectivity index (χ1v) is 6.06. The van der Waals surface area contributed by atoms with E-state index in [9.17, 15) is 4.79 Å². The van der Waals surface area contributed by atoms with E-state index >= 15 is 0 Å². The average Bonchev–Trinajstić information content (AvgIpc) is 3.04. The zero-order valence-corrected chi connectivity index (χ0v) is 10.4. The first kappa shape index (κ1) is 11.5. The van der Waals surface area contributed by atoms with Crippen LogP contribution in [0.1, 0.15) is 23.0 Å². The van der Waals surface area contributed by atoms with Gasteiger partial charge in [-0.2, -0.15) is 10.2 Å². The molecule has 0 bridgehead atoms. The molecular weight excluding hydrogens is 242 g/mol. The van der Waals surface area contributed by atoms with Crippen molar-refractivity contribution in [3.63, 3.8) is 0 Å². The number of anilines is 1. The second kappa shape index (κ2) is 4.56. The van der Waals surface area contributed by atoms with Gasteiger partial charge in [0.1, 0.15) is 5.82 Å². The molecule has 0 saturated carbocycles. The molecule has 3 aromatic rings. The van der Waals surface area contributed by atoms with Crippen molar-refractivity contribution in [1.82, 2.24) is 20.4 Å². The normalized spacial score (nSPS) is 10.8. The van der Waals surface area contributed by atoms with Crippen LogP contribution in [-0.4, -0.2) is 26.3 Å². The molecule has 0 aliphatic rings. The zero-order chi connectivity index (χ0) is 13.2. The Bertz CT molecular complexity index is 727. The molecule has 0 spiro atoms. The number of benzene rings is 1. The summed E-state index contributed by atoms with van der Waals surface area (Å²) in [5.74, 6) is 0.371. The van der Waals surface area contributed by atoms with Crippen LogP contribution in [0.25, 0.3) is 10.9 Å². The Balaban J connectivity index is 1.92. The molecule has 0 atom stereocenters. The van der Waals surface area contributed by atoms with Gasteiger partial charge >= 0.3 is 0 Å². The monoisotopic (exact) mass is 255 g/mol. The van der Waals surface area contributed by atoms with E-state index in [1.54, 1.807) is 6.20 Å². The van der Waals surface area contributed by atoms with Crippen LogP contribution < -0.4 is 5.32 Å². The van der Waals surface area contributed by atoms with Gasteiger partial charge < -0.3 is 5.32 Å². The van der Waals surface area contributed by atoms with Gasteiger partial charge in [0, 0.05) is 10.9 Å². The van der Waals surface area contributed by atoms with Gasteiger partial charge in [-0.25, -0.2) is 0 Å². The van der Waals surface area contributed by atoms with Crippen LogP contribution in [0, 0.1) is 0 Å². The standard InChI is InChI=1S/C13H13N5O/c1-2-8-7-14-18-12(8)15-13(19)11-9-5-3-4-6-10(9)16-17-11/h3-7H,2H2,1H3,(H,16,17)(H2,14,15,18,19). The minimum atomic E-state index is -0.253. The lowest BCUT2D eigenvalue weighted by atomic mass is 10.2. The van der Waals surface area contributed by atoms with E-state index in [1.165, 1.54) is 0 Å². The summed E-state index contributed by atoms with van der Waals surface area (Å²) in [6.07, 6.45) is 2.51. The second-order valence-electron chi connectivity index (χ2n) is 4.20. The number of amides is 1. The van der Waals surface area contributed by atoms with Crippen LogP contribution in [0.15, 0.2) is 30.5 Å². The number of aromatic amines is 2. The Morgan fingerprint density at radius 2 is 2.16 bits per heavy atom. The number of nitrogens with zero attached hydrogens (tertiary/aromatic N) is 2. The second-order valence-corrected chi connectivity index (χ2v) is 4.20. The fourth-order valence-corrected chi connectivity index (χ4v) is 2.00. The van der Waals surface area contributed by atoms with Gasteiger partial charge in [-0.15, -0.1) is 0 Å². The molecule has 1 amide bonds. The first-order valence-electron chi connectivity index (χ1n) is 6.06. The van der Waals surface area contributed by atoms with Gasteiger partial charge in [0.25, 0.3) is 5.91 Å². The quantitative estimate of drug-likeness (QED) is 0.669. The van der Waals surface area contributed by atoms with Crippen molar-refractivity contribution < 1.29 is 4.79 Å². The van der Waals surface area contributed by atoms with Crippen molar-refractivity contribution in [1.29, 1.82) is 0 Å². The summed E-state index contributed by atoms with van der Waals surface area (Å²) < 4.78 is 0. The number of para-hydroxylation sites is 1. The lowest BCUT2D eigenvalue weighted by Gasteiger charge is -2.02. The zero-order valence-electron chi connectivity index (χ0n) is 10.4. The Kier molecular flexibility index (Phi) is 2.75. The molecule has 2 aromatic heterocycles. The molecular formula is C13H13N5O. The maximum absolute atomic E-state index is 12.2. The summed E-state index contributed by atoms with van der Waals surface area (Å²) in [6, 6.07) is 7.52. The van der Waals surface area contributed by atoms with E-state index in [0.717, 1.165) is 22.9 Å². The SMILES string of the molecule is CCc1cn[nH]c1NC(=O)c1n[nH]c2ccccc12. The smallest absolute Gasteiger partial charge is 0.277 e. The summed E-state index contributed by atoms with van der Waals surface area (Å²) in [4.78, 5) is 12.2. The van der Waals surface area contributed by atoms with Crippen molar-refractivity contribution in [3.05, 3.63) is 41.7 Å². The Hall–Kier alpha value is -2.63. The van der Waals surface area contributed by atoms with Crippen LogP contribution in [0.4, 0.5) is 5.82 Å². The Morgan fingerprint density at radius 1 is 1.32 bits per heavy atom. The fraction of sp³-hybridized carbons (Fsp3) is 0.154. The van der Waals surface area contributed by atoms with Crippen LogP contribution in [0.2, 0.25) is 0 Å². The minimum Gasteiger partial charge on any atom is -0.305 e. The summed E-state index contributed by atoms with van der Waals surface area (Å²) in [5, 5.41) is 17.2.